The minimum atomic E-state index is -0.292. The van der Waals surface area contributed by atoms with E-state index >= 15 is 0 Å². The highest BCUT2D eigenvalue weighted by Crippen LogP contribution is 2.34. The summed E-state index contributed by atoms with van der Waals surface area (Å²) in [4.78, 5) is 5.21. The molecule has 0 atom stereocenters. The van der Waals surface area contributed by atoms with Gasteiger partial charge in [0.1, 0.15) is 10.8 Å². The van der Waals surface area contributed by atoms with Crippen molar-refractivity contribution in [1.82, 2.24) is 10.3 Å². The fourth-order valence-corrected chi connectivity index (χ4v) is 4.21. The second-order valence-corrected chi connectivity index (χ2v) is 7.31. The van der Waals surface area contributed by atoms with E-state index in [1.807, 2.05) is 0 Å². The summed E-state index contributed by atoms with van der Waals surface area (Å²) in [7, 11) is 0. The van der Waals surface area contributed by atoms with Crippen molar-refractivity contribution in [2.45, 2.75) is 51.1 Å². The first-order valence-electron chi connectivity index (χ1n) is 7.86. The Hall–Kier alpha value is -0.970. The number of thiazole rings is 1. The number of halogens is 2. The van der Waals surface area contributed by atoms with E-state index in [0.717, 1.165) is 16.4 Å². The molecule has 1 aliphatic rings. The molecule has 3 rings (SSSR count). The van der Waals surface area contributed by atoms with Crippen LogP contribution in [0, 0.1) is 5.82 Å². The summed E-state index contributed by atoms with van der Waals surface area (Å²) in [5.41, 5.74) is 0.461. The van der Waals surface area contributed by atoms with Gasteiger partial charge in [-0.15, -0.1) is 11.3 Å². The average molecular weight is 339 g/mol. The summed E-state index contributed by atoms with van der Waals surface area (Å²) in [6, 6.07) is 5.36. The van der Waals surface area contributed by atoms with E-state index in [-0.39, 0.29) is 5.82 Å². The van der Waals surface area contributed by atoms with Crippen molar-refractivity contribution in [3.63, 3.8) is 0 Å². The summed E-state index contributed by atoms with van der Waals surface area (Å²) < 4.78 is 13.9. The van der Waals surface area contributed by atoms with Crippen molar-refractivity contribution >= 4 is 22.9 Å². The summed E-state index contributed by atoms with van der Waals surface area (Å²) in [5.74, 6) is -0.292. The van der Waals surface area contributed by atoms with Crippen LogP contribution in [0.5, 0.6) is 0 Å². The van der Waals surface area contributed by atoms with Gasteiger partial charge in [-0.05, 0) is 25.0 Å². The van der Waals surface area contributed by atoms with E-state index in [4.69, 9.17) is 11.6 Å². The first-order chi connectivity index (χ1) is 10.7. The number of aromatic nitrogens is 1. The Morgan fingerprint density at radius 2 is 2.00 bits per heavy atom. The lowest BCUT2D eigenvalue weighted by molar-refractivity contribution is 0.458. The van der Waals surface area contributed by atoms with Gasteiger partial charge in [0.25, 0.3) is 0 Å². The second kappa shape index (κ2) is 7.53. The van der Waals surface area contributed by atoms with Gasteiger partial charge >= 0.3 is 0 Å². The molecule has 1 aromatic carbocycles. The van der Waals surface area contributed by atoms with Gasteiger partial charge in [-0.3, -0.25) is 0 Å². The van der Waals surface area contributed by atoms with Gasteiger partial charge in [-0.1, -0.05) is 43.4 Å². The van der Waals surface area contributed by atoms with Crippen LogP contribution >= 0.6 is 22.9 Å². The van der Waals surface area contributed by atoms with Gasteiger partial charge in [0.05, 0.1) is 9.90 Å². The first kappa shape index (κ1) is 15.9. The van der Waals surface area contributed by atoms with Gasteiger partial charge in [0.15, 0.2) is 0 Å². The van der Waals surface area contributed by atoms with Crippen LogP contribution in [-0.2, 0) is 6.54 Å². The molecule has 0 radical (unpaired) electrons. The van der Waals surface area contributed by atoms with Crippen LogP contribution in [0.3, 0.4) is 0 Å². The normalized spacial score (nSPS) is 16.6. The van der Waals surface area contributed by atoms with Crippen LogP contribution in [0.2, 0.25) is 5.02 Å². The lowest BCUT2D eigenvalue weighted by atomic mass is 10.1. The summed E-state index contributed by atoms with van der Waals surface area (Å²) in [6.07, 6.45) is 9.54. The molecule has 0 unspecified atom stereocenters. The molecule has 1 aliphatic carbocycles. The van der Waals surface area contributed by atoms with Gasteiger partial charge in [-0.25, -0.2) is 9.37 Å². The molecule has 1 N–H and O–H groups in total. The Morgan fingerprint density at radius 1 is 1.23 bits per heavy atom. The monoisotopic (exact) mass is 338 g/mol. The van der Waals surface area contributed by atoms with Crippen molar-refractivity contribution in [1.29, 1.82) is 0 Å². The molecule has 22 heavy (non-hydrogen) atoms. The maximum absolute atomic E-state index is 13.9. The summed E-state index contributed by atoms with van der Waals surface area (Å²) in [5, 5.41) is 5.01. The highest BCUT2D eigenvalue weighted by atomic mass is 35.5. The van der Waals surface area contributed by atoms with Crippen molar-refractivity contribution < 1.29 is 4.39 Å². The van der Waals surface area contributed by atoms with Gasteiger partial charge in [0.2, 0.25) is 0 Å². The summed E-state index contributed by atoms with van der Waals surface area (Å²) in [6.45, 7) is 0.751. The Bertz CT molecular complexity index is 601. The molecule has 0 bridgehead atoms. The van der Waals surface area contributed by atoms with Crippen LogP contribution in [0.15, 0.2) is 24.4 Å². The zero-order valence-electron chi connectivity index (χ0n) is 12.4. The number of nitrogens with zero attached hydrogens (tertiary/aromatic N) is 1. The molecule has 5 heteroatoms. The van der Waals surface area contributed by atoms with E-state index < -0.39 is 0 Å². The number of benzene rings is 1. The zero-order valence-corrected chi connectivity index (χ0v) is 14.0. The Kier molecular flexibility index (Phi) is 5.45. The number of rotatable bonds is 4. The molecule has 0 spiro atoms. The molecule has 0 saturated heterocycles. The van der Waals surface area contributed by atoms with Crippen LogP contribution < -0.4 is 5.32 Å². The topological polar surface area (TPSA) is 24.9 Å². The molecule has 118 valence electrons. The number of hydrogen-bond acceptors (Lipinski definition) is 3. The third kappa shape index (κ3) is 3.86. The highest BCUT2D eigenvalue weighted by Gasteiger charge is 2.15. The lowest BCUT2D eigenvalue weighted by Crippen LogP contribution is -2.27. The standard InChI is InChI=1S/C17H20ClFN2S/c18-13-8-5-9-14(19)17(13)15-10-21-16(22-15)11-20-12-6-3-1-2-4-7-12/h5,8-10,12,20H,1-4,6-7,11H2. The van der Waals surface area contributed by atoms with Gasteiger partial charge in [0, 0.05) is 24.3 Å². The van der Waals surface area contributed by atoms with Crippen molar-refractivity contribution in [2.24, 2.45) is 0 Å². The third-order valence-electron chi connectivity index (χ3n) is 4.16. The largest absolute Gasteiger partial charge is 0.308 e. The van der Waals surface area contributed by atoms with E-state index in [9.17, 15) is 4.39 Å². The summed E-state index contributed by atoms with van der Waals surface area (Å²) >= 11 is 7.62. The second-order valence-electron chi connectivity index (χ2n) is 5.78. The minimum Gasteiger partial charge on any atom is -0.308 e. The minimum absolute atomic E-state index is 0.292. The predicted octanol–water partition coefficient (Wildman–Crippen LogP) is 5.42. The van der Waals surface area contributed by atoms with Crippen LogP contribution in [0.4, 0.5) is 4.39 Å². The van der Waals surface area contributed by atoms with Gasteiger partial charge in [-0.2, -0.15) is 0 Å². The molecule has 2 aromatic rings. The van der Waals surface area contributed by atoms with E-state index in [2.05, 4.69) is 10.3 Å². The van der Waals surface area contributed by atoms with Gasteiger partial charge < -0.3 is 5.32 Å². The van der Waals surface area contributed by atoms with Crippen LogP contribution in [-0.4, -0.2) is 11.0 Å². The molecular formula is C17H20ClFN2S. The lowest BCUT2D eigenvalue weighted by Gasteiger charge is -2.14. The van der Waals surface area contributed by atoms with E-state index in [1.165, 1.54) is 55.9 Å². The van der Waals surface area contributed by atoms with Crippen molar-refractivity contribution in [3.05, 3.63) is 40.2 Å². The smallest absolute Gasteiger partial charge is 0.133 e. The predicted molar refractivity (Wildman–Crippen MR) is 90.8 cm³/mol. The maximum atomic E-state index is 13.9. The average Bonchev–Trinajstić information content (AvgIpc) is 2.80. The SMILES string of the molecule is Fc1cccc(Cl)c1-c1cnc(CNC2CCCCCC2)s1. The molecule has 2 nitrogen and oxygen atoms in total. The molecule has 1 fully saturated rings. The van der Waals surface area contributed by atoms with E-state index in [0.29, 0.717) is 16.6 Å². The molecule has 0 aliphatic heterocycles. The quantitative estimate of drug-likeness (QED) is 0.753. The molecule has 0 amide bonds. The highest BCUT2D eigenvalue weighted by molar-refractivity contribution is 7.15. The Balaban J connectivity index is 1.66. The molecule has 1 saturated carbocycles. The number of hydrogen-bond donors (Lipinski definition) is 1. The molecule has 1 heterocycles. The Labute approximate surface area is 139 Å². The van der Waals surface area contributed by atoms with Crippen LogP contribution in [0.1, 0.15) is 43.5 Å². The number of nitrogens with one attached hydrogen (secondary N) is 1. The fraction of sp³-hybridized carbons (Fsp3) is 0.471. The zero-order chi connectivity index (χ0) is 15.4. The molecule has 1 aromatic heterocycles. The van der Waals surface area contributed by atoms with Crippen LogP contribution in [0.25, 0.3) is 10.4 Å². The fourth-order valence-electron chi connectivity index (χ4n) is 2.96. The molecular weight excluding hydrogens is 319 g/mol. The third-order valence-corrected chi connectivity index (χ3v) is 5.49. The first-order valence-corrected chi connectivity index (χ1v) is 9.06. The van der Waals surface area contributed by atoms with Crippen molar-refractivity contribution in [3.8, 4) is 10.4 Å². The Morgan fingerprint density at radius 3 is 2.73 bits per heavy atom. The van der Waals surface area contributed by atoms with Crippen molar-refractivity contribution in [2.75, 3.05) is 0 Å². The maximum Gasteiger partial charge on any atom is 0.133 e. The van der Waals surface area contributed by atoms with E-state index in [1.54, 1.807) is 18.3 Å².